The first-order valence-electron chi connectivity index (χ1n) is 6.36. The lowest BCUT2D eigenvalue weighted by atomic mass is 10.2. The normalized spacial score (nSPS) is 13.1. The number of nitrogens with two attached hydrogens (primary N) is 1. The van der Waals surface area contributed by atoms with Crippen molar-refractivity contribution in [2.24, 2.45) is 5.73 Å². The summed E-state index contributed by atoms with van der Waals surface area (Å²) in [5.41, 5.74) is 6.78. The SMILES string of the molecule is CC(NS(=O)(=O)c1ccc(Cl)c(CN)c1)c1ccccn1. The van der Waals surface area contributed by atoms with Gasteiger partial charge in [0.25, 0.3) is 0 Å². The second-order valence-corrected chi connectivity index (χ2v) is 6.68. The van der Waals surface area contributed by atoms with Crippen LogP contribution in [-0.2, 0) is 16.6 Å². The van der Waals surface area contributed by atoms with E-state index < -0.39 is 16.1 Å². The zero-order valence-electron chi connectivity index (χ0n) is 11.5. The molecule has 0 bridgehead atoms. The Hall–Kier alpha value is -1.47. The summed E-state index contributed by atoms with van der Waals surface area (Å²) >= 11 is 5.94. The predicted molar refractivity (Wildman–Crippen MR) is 82.3 cm³/mol. The number of halogens is 1. The summed E-state index contributed by atoms with van der Waals surface area (Å²) in [6, 6.07) is 9.38. The highest BCUT2D eigenvalue weighted by molar-refractivity contribution is 7.89. The van der Waals surface area contributed by atoms with E-state index in [1.54, 1.807) is 25.3 Å². The molecule has 0 saturated carbocycles. The molecule has 21 heavy (non-hydrogen) atoms. The van der Waals surface area contributed by atoms with Gasteiger partial charge in [-0.2, -0.15) is 0 Å². The summed E-state index contributed by atoms with van der Waals surface area (Å²) in [5, 5.41) is 0.453. The maximum absolute atomic E-state index is 12.4. The summed E-state index contributed by atoms with van der Waals surface area (Å²) in [5.74, 6) is 0. The second kappa shape index (κ2) is 6.53. The lowest BCUT2D eigenvalue weighted by Crippen LogP contribution is -2.27. The molecule has 1 aromatic heterocycles. The molecule has 1 unspecified atom stereocenters. The van der Waals surface area contributed by atoms with Crippen molar-refractivity contribution in [2.45, 2.75) is 24.4 Å². The van der Waals surface area contributed by atoms with Crippen LogP contribution in [0, 0.1) is 0 Å². The minimum Gasteiger partial charge on any atom is -0.326 e. The van der Waals surface area contributed by atoms with Crippen LogP contribution in [0.5, 0.6) is 0 Å². The second-order valence-electron chi connectivity index (χ2n) is 4.55. The van der Waals surface area contributed by atoms with Crippen molar-refractivity contribution in [1.29, 1.82) is 0 Å². The molecule has 1 atom stereocenters. The third-order valence-corrected chi connectivity index (χ3v) is 4.92. The first kappa shape index (κ1) is 15.9. The van der Waals surface area contributed by atoms with Gasteiger partial charge in [-0.05, 0) is 42.8 Å². The van der Waals surface area contributed by atoms with E-state index in [0.29, 0.717) is 16.3 Å². The summed E-state index contributed by atoms with van der Waals surface area (Å²) in [7, 11) is -3.66. The molecule has 1 heterocycles. The third-order valence-electron chi connectivity index (χ3n) is 3.01. The molecule has 0 radical (unpaired) electrons. The van der Waals surface area contributed by atoms with Crippen LogP contribution in [0.4, 0.5) is 0 Å². The maximum Gasteiger partial charge on any atom is 0.241 e. The average molecular weight is 326 g/mol. The smallest absolute Gasteiger partial charge is 0.241 e. The van der Waals surface area contributed by atoms with Crippen molar-refractivity contribution in [3.8, 4) is 0 Å². The molecule has 0 aliphatic heterocycles. The van der Waals surface area contributed by atoms with E-state index in [1.165, 1.54) is 18.2 Å². The maximum atomic E-state index is 12.4. The topological polar surface area (TPSA) is 85.1 Å². The number of sulfonamides is 1. The van der Waals surface area contributed by atoms with Gasteiger partial charge in [-0.3, -0.25) is 4.98 Å². The number of nitrogens with zero attached hydrogens (tertiary/aromatic N) is 1. The van der Waals surface area contributed by atoms with Crippen molar-refractivity contribution in [3.63, 3.8) is 0 Å². The molecule has 5 nitrogen and oxygen atoms in total. The first-order chi connectivity index (χ1) is 9.94. The lowest BCUT2D eigenvalue weighted by Gasteiger charge is -2.14. The van der Waals surface area contributed by atoms with Gasteiger partial charge in [0.15, 0.2) is 0 Å². The molecule has 0 amide bonds. The predicted octanol–water partition coefficient (Wildman–Crippen LogP) is 2.23. The van der Waals surface area contributed by atoms with Crippen molar-refractivity contribution in [1.82, 2.24) is 9.71 Å². The molecule has 0 spiro atoms. The van der Waals surface area contributed by atoms with Gasteiger partial charge in [0.05, 0.1) is 16.6 Å². The zero-order chi connectivity index (χ0) is 15.5. The fraction of sp³-hybridized carbons (Fsp3) is 0.214. The van der Waals surface area contributed by atoms with Crippen LogP contribution in [0.1, 0.15) is 24.2 Å². The number of nitrogens with one attached hydrogen (secondary N) is 1. The number of rotatable bonds is 5. The zero-order valence-corrected chi connectivity index (χ0v) is 13.0. The largest absolute Gasteiger partial charge is 0.326 e. The molecule has 0 aliphatic carbocycles. The van der Waals surface area contributed by atoms with E-state index in [9.17, 15) is 8.42 Å². The van der Waals surface area contributed by atoms with Gasteiger partial charge >= 0.3 is 0 Å². The van der Waals surface area contributed by atoms with Crippen LogP contribution >= 0.6 is 11.6 Å². The van der Waals surface area contributed by atoms with Crippen molar-refractivity contribution in [3.05, 3.63) is 58.9 Å². The fourth-order valence-electron chi connectivity index (χ4n) is 1.87. The summed E-state index contributed by atoms with van der Waals surface area (Å²) in [6.45, 7) is 1.91. The van der Waals surface area contributed by atoms with Crippen LogP contribution < -0.4 is 10.5 Å². The van der Waals surface area contributed by atoms with Gasteiger partial charge in [0.1, 0.15) is 0 Å². The number of benzene rings is 1. The Kier molecular flexibility index (Phi) is 4.95. The van der Waals surface area contributed by atoms with Gasteiger partial charge in [0, 0.05) is 17.8 Å². The Morgan fingerprint density at radius 1 is 1.33 bits per heavy atom. The van der Waals surface area contributed by atoms with Crippen LogP contribution in [-0.4, -0.2) is 13.4 Å². The Bertz CT molecular complexity index is 720. The van der Waals surface area contributed by atoms with Crippen molar-refractivity contribution < 1.29 is 8.42 Å². The van der Waals surface area contributed by atoms with Crippen LogP contribution in [0.2, 0.25) is 5.02 Å². The quantitative estimate of drug-likeness (QED) is 0.882. The average Bonchev–Trinajstić information content (AvgIpc) is 2.48. The summed E-state index contributed by atoms with van der Waals surface area (Å²) in [4.78, 5) is 4.27. The van der Waals surface area contributed by atoms with Crippen molar-refractivity contribution >= 4 is 21.6 Å². The van der Waals surface area contributed by atoms with Crippen molar-refractivity contribution in [2.75, 3.05) is 0 Å². The van der Waals surface area contributed by atoms with Crippen LogP contribution in [0.15, 0.2) is 47.5 Å². The summed E-state index contributed by atoms with van der Waals surface area (Å²) < 4.78 is 27.3. The lowest BCUT2D eigenvalue weighted by molar-refractivity contribution is 0.564. The summed E-state index contributed by atoms with van der Waals surface area (Å²) in [6.07, 6.45) is 1.62. The minimum absolute atomic E-state index is 0.134. The van der Waals surface area contributed by atoms with Gasteiger partial charge in [0.2, 0.25) is 10.0 Å². The van der Waals surface area contributed by atoms with E-state index in [1.807, 2.05) is 6.07 Å². The molecule has 3 N–H and O–H groups in total. The van der Waals surface area contributed by atoms with E-state index in [4.69, 9.17) is 17.3 Å². The minimum atomic E-state index is -3.66. The monoisotopic (exact) mass is 325 g/mol. The Balaban J connectivity index is 2.26. The number of hydrogen-bond acceptors (Lipinski definition) is 4. The number of aromatic nitrogens is 1. The third kappa shape index (κ3) is 3.79. The van der Waals surface area contributed by atoms with Gasteiger partial charge in [-0.15, -0.1) is 0 Å². The van der Waals surface area contributed by atoms with E-state index >= 15 is 0 Å². The molecule has 0 fully saturated rings. The molecule has 112 valence electrons. The Labute approximate surface area is 129 Å². The number of hydrogen-bond donors (Lipinski definition) is 2. The van der Waals surface area contributed by atoms with E-state index in [2.05, 4.69) is 9.71 Å². The highest BCUT2D eigenvalue weighted by atomic mass is 35.5. The molecule has 0 aliphatic rings. The first-order valence-corrected chi connectivity index (χ1v) is 8.22. The van der Waals surface area contributed by atoms with Crippen LogP contribution in [0.3, 0.4) is 0 Å². The Morgan fingerprint density at radius 3 is 2.71 bits per heavy atom. The fourth-order valence-corrected chi connectivity index (χ4v) is 3.33. The molecule has 7 heteroatoms. The molecule has 1 aromatic carbocycles. The van der Waals surface area contributed by atoms with Gasteiger partial charge in [-0.25, -0.2) is 13.1 Å². The Morgan fingerprint density at radius 2 is 2.10 bits per heavy atom. The molecular formula is C14H16ClN3O2S. The van der Waals surface area contributed by atoms with E-state index in [-0.39, 0.29) is 11.4 Å². The number of pyridine rings is 1. The molecule has 2 rings (SSSR count). The highest BCUT2D eigenvalue weighted by Crippen LogP contribution is 2.21. The standard InChI is InChI=1S/C14H16ClN3O2S/c1-10(14-4-2-3-7-17-14)18-21(19,20)12-5-6-13(15)11(8-12)9-16/h2-8,10,18H,9,16H2,1H3. The van der Waals surface area contributed by atoms with E-state index in [0.717, 1.165) is 0 Å². The van der Waals surface area contributed by atoms with Crippen LogP contribution in [0.25, 0.3) is 0 Å². The molecule has 2 aromatic rings. The molecular weight excluding hydrogens is 310 g/mol. The van der Waals surface area contributed by atoms with Gasteiger partial charge < -0.3 is 5.73 Å². The van der Waals surface area contributed by atoms with Gasteiger partial charge in [-0.1, -0.05) is 17.7 Å². The highest BCUT2D eigenvalue weighted by Gasteiger charge is 2.19. The molecule has 0 saturated heterocycles.